The quantitative estimate of drug-likeness (QED) is 0.655. The molecule has 0 spiro atoms. The number of anilines is 1. The van der Waals surface area contributed by atoms with Crippen molar-refractivity contribution in [3.05, 3.63) is 70.3 Å². The van der Waals surface area contributed by atoms with E-state index in [0.717, 1.165) is 6.20 Å². The third kappa shape index (κ3) is 3.28. The fourth-order valence-electron chi connectivity index (χ4n) is 2.31. The van der Waals surface area contributed by atoms with E-state index in [1.54, 1.807) is 0 Å². The number of para-hydroxylation sites is 1. The highest BCUT2D eigenvalue weighted by atomic mass is 32.2. The zero-order chi connectivity index (χ0) is 18.2. The molecule has 3 aromatic rings. The fourth-order valence-corrected chi connectivity index (χ4v) is 2.83. The lowest BCUT2D eigenvalue weighted by molar-refractivity contribution is 0.102. The largest absolute Gasteiger partial charge is 0.358 e. The monoisotopic (exact) mass is 361 g/mol. The molecule has 2 aromatic carbocycles. The van der Waals surface area contributed by atoms with Crippen LogP contribution in [0.25, 0.3) is 10.9 Å². The topological polar surface area (TPSA) is 122 Å². The number of sulfonamides is 1. The number of amides is 1. The minimum Gasteiger partial charge on any atom is -0.358 e. The number of primary sulfonamides is 1. The third-order valence-corrected chi connectivity index (χ3v) is 4.48. The SMILES string of the molecule is NS(=O)(=O)c1ccc(NC(=O)c2c[nH]c3c(F)cccc3c2=O)cc1. The molecule has 9 heteroatoms. The van der Waals surface area contributed by atoms with E-state index >= 15 is 0 Å². The first-order valence-electron chi connectivity index (χ1n) is 7.01. The van der Waals surface area contributed by atoms with Crippen molar-refractivity contribution in [2.45, 2.75) is 4.90 Å². The number of halogens is 1. The summed E-state index contributed by atoms with van der Waals surface area (Å²) >= 11 is 0. The van der Waals surface area contributed by atoms with E-state index in [4.69, 9.17) is 5.14 Å². The summed E-state index contributed by atoms with van der Waals surface area (Å²) in [5, 5.41) is 7.51. The molecule has 0 aliphatic heterocycles. The van der Waals surface area contributed by atoms with Crippen LogP contribution in [-0.2, 0) is 10.0 Å². The Morgan fingerprint density at radius 3 is 2.44 bits per heavy atom. The maximum Gasteiger partial charge on any atom is 0.261 e. The molecule has 4 N–H and O–H groups in total. The molecule has 128 valence electrons. The summed E-state index contributed by atoms with van der Waals surface area (Å²) in [6.07, 6.45) is 1.13. The molecule has 0 aliphatic carbocycles. The van der Waals surface area contributed by atoms with Crippen molar-refractivity contribution < 1.29 is 17.6 Å². The number of fused-ring (bicyclic) bond motifs is 1. The molecule has 1 aromatic heterocycles. The summed E-state index contributed by atoms with van der Waals surface area (Å²) in [4.78, 5) is 27.1. The number of aromatic amines is 1. The molecule has 0 bridgehead atoms. The highest BCUT2D eigenvalue weighted by molar-refractivity contribution is 7.89. The molecular weight excluding hydrogens is 349 g/mol. The van der Waals surface area contributed by atoms with E-state index < -0.39 is 27.2 Å². The maximum atomic E-state index is 13.7. The van der Waals surface area contributed by atoms with Crippen molar-refractivity contribution in [1.29, 1.82) is 0 Å². The third-order valence-electron chi connectivity index (χ3n) is 3.55. The smallest absolute Gasteiger partial charge is 0.261 e. The number of carbonyl (C=O) groups is 1. The van der Waals surface area contributed by atoms with Gasteiger partial charge in [-0.25, -0.2) is 17.9 Å². The van der Waals surface area contributed by atoms with Gasteiger partial charge in [-0.15, -0.1) is 0 Å². The van der Waals surface area contributed by atoms with E-state index in [-0.39, 0.29) is 27.0 Å². The first-order chi connectivity index (χ1) is 11.8. The Morgan fingerprint density at radius 1 is 1.12 bits per heavy atom. The summed E-state index contributed by atoms with van der Waals surface area (Å²) in [5.74, 6) is -1.31. The van der Waals surface area contributed by atoms with Crippen LogP contribution in [0.4, 0.5) is 10.1 Å². The minimum absolute atomic E-state index is 0.0153. The summed E-state index contributed by atoms with van der Waals surface area (Å²) in [7, 11) is -3.84. The standard InChI is InChI=1S/C16H12FN3O4S/c17-13-3-1-2-11-14(13)19-8-12(15(11)21)16(22)20-9-4-6-10(7-5-9)25(18,23)24/h1-8H,(H,19,21)(H,20,22)(H2,18,23,24). The Labute approximate surface area is 141 Å². The number of benzene rings is 2. The van der Waals surface area contributed by atoms with Crippen LogP contribution in [0.15, 0.2) is 58.4 Å². The zero-order valence-corrected chi connectivity index (χ0v) is 13.4. The van der Waals surface area contributed by atoms with Crippen LogP contribution in [0.2, 0.25) is 0 Å². The van der Waals surface area contributed by atoms with Crippen LogP contribution in [0.3, 0.4) is 0 Å². The normalized spacial score (nSPS) is 11.4. The molecule has 1 amide bonds. The number of nitrogens with two attached hydrogens (primary N) is 1. The lowest BCUT2D eigenvalue weighted by Gasteiger charge is -2.07. The molecule has 7 nitrogen and oxygen atoms in total. The Kier molecular flexibility index (Phi) is 4.11. The molecule has 3 rings (SSSR count). The number of aromatic nitrogens is 1. The van der Waals surface area contributed by atoms with E-state index in [2.05, 4.69) is 10.3 Å². The van der Waals surface area contributed by atoms with Crippen LogP contribution in [0, 0.1) is 5.82 Å². The van der Waals surface area contributed by atoms with Crippen LogP contribution < -0.4 is 15.9 Å². The van der Waals surface area contributed by atoms with Gasteiger partial charge in [0, 0.05) is 17.3 Å². The Balaban J connectivity index is 1.93. The molecule has 0 saturated heterocycles. The average molecular weight is 361 g/mol. The second-order valence-corrected chi connectivity index (χ2v) is 6.78. The number of rotatable bonds is 3. The van der Waals surface area contributed by atoms with Gasteiger partial charge in [-0.2, -0.15) is 0 Å². The number of carbonyl (C=O) groups excluding carboxylic acids is 1. The predicted octanol–water partition coefficient (Wildman–Crippen LogP) is 1.57. The Bertz CT molecular complexity index is 1140. The number of hydrogen-bond donors (Lipinski definition) is 3. The van der Waals surface area contributed by atoms with Gasteiger partial charge < -0.3 is 10.3 Å². The predicted molar refractivity (Wildman–Crippen MR) is 90.3 cm³/mol. The first-order valence-corrected chi connectivity index (χ1v) is 8.56. The van der Waals surface area contributed by atoms with Gasteiger partial charge in [0.25, 0.3) is 5.91 Å². The minimum atomic E-state index is -3.84. The maximum absolute atomic E-state index is 13.7. The van der Waals surface area contributed by atoms with Gasteiger partial charge >= 0.3 is 0 Å². The van der Waals surface area contributed by atoms with Crippen molar-refractivity contribution in [3.8, 4) is 0 Å². The van der Waals surface area contributed by atoms with Gasteiger partial charge in [-0.05, 0) is 36.4 Å². The molecule has 0 atom stereocenters. The van der Waals surface area contributed by atoms with Crippen molar-refractivity contribution in [3.63, 3.8) is 0 Å². The number of H-pyrrole nitrogens is 1. The van der Waals surface area contributed by atoms with E-state index in [1.165, 1.54) is 42.5 Å². The molecule has 0 aliphatic rings. The average Bonchev–Trinajstić information content (AvgIpc) is 2.55. The summed E-state index contributed by atoms with van der Waals surface area (Å²) in [6, 6.07) is 9.12. The molecule has 0 unspecified atom stereocenters. The van der Waals surface area contributed by atoms with Crippen LogP contribution >= 0.6 is 0 Å². The van der Waals surface area contributed by atoms with Crippen molar-refractivity contribution in [2.75, 3.05) is 5.32 Å². The van der Waals surface area contributed by atoms with E-state index in [0.29, 0.717) is 0 Å². The zero-order valence-electron chi connectivity index (χ0n) is 12.6. The molecule has 25 heavy (non-hydrogen) atoms. The van der Waals surface area contributed by atoms with Gasteiger partial charge in [0.2, 0.25) is 15.5 Å². The summed E-state index contributed by atoms with van der Waals surface area (Å²) in [5.41, 5.74) is -0.529. The fraction of sp³-hybridized carbons (Fsp3) is 0. The van der Waals surface area contributed by atoms with Crippen molar-refractivity contribution in [2.24, 2.45) is 5.14 Å². The lowest BCUT2D eigenvalue weighted by atomic mass is 10.1. The van der Waals surface area contributed by atoms with Gasteiger partial charge in [-0.1, -0.05) is 6.07 Å². The van der Waals surface area contributed by atoms with E-state index in [1.807, 2.05) is 0 Å². The summed E-state index contributed by atoms with van der Waals surface area (Å²) < 4.78 is 36.0. The van der Waals surface area contributed by atoms with Crippen LogP contribution in [0.1, 0.15) is 10.4 Å². The van der Waals surface area contributed by atoms with Crippen LogP contribution in [0.5, 0.6) is 0 Å². The number of hydrogen-bond acceptors (Lipinski definition) is 4. The van der Waals surface area contributed by atoms with Crippen molar-refractivity contribution >= 4 is 32.5 Å². The molecule has 0 fully saturated rings. The van der Waals surface area contributed by atoms with Crippen LogP contribution in [-0.4, -0.2) is 19.3 Å². The van der Waals surface area contributed by atoms with E-state index in [9.17, 15) is 22.4 Å². The van der Waals surface area contributed by atoms with Gasteiger partial charge in [0.1, 0.15) is 11.4 Å². The van der Waals surface area contributed by atoms with Gasteiger partial charge in [-0.3, -0.25) is 9.59 Å². The number of nitrogens with one attached hydrogen (secondary N) is 2. The second-order valence-electron chi connectivity index (χ2n) is 5.22. The van der Waals surface area contributed by atoms with Gasteiger partial charge in [0.15, 0.2) is 0 Å². The molecular formula is C16H12FN3O4S. The highest BCUT2D eigenvalue weighted by Gasteiger charge is 2.15. The second kappa shape index (κ2) is 6.11. The molecule has 0 radical (unpaired) electrons. The first kappa shape index (κ1) is 16.8. The number of pyridine rings is 1. The van der Waals surface area contributed by atoms with Crippen molar-refractivity contribution in [1.82, 2.24) is 4.98 Å². The Morgan fingerprint density at radius 2 is 1.80 bits per heavy atom. The lowest BCUT2D eigenvalue weighted by Crippen LogP contribution is -2.22. The van der Waals surface area contributed by atoms with Gasteiger partial charge in [0.05, 0.1) is 10.4 Å². The molecule has 1 heterocycles. The Hall–Kier alpha value is -3.04. The summed E-state index contributed by atoms with van der Waals surface area (Å²) in [6.45, 7) is 0. The highest BCUT2D eigenvalue weighted by Crippen LogP contribution is 2.15. The molecule has 0 saturated carbocycles.